The SMILES string of the molecule is O=c1[nH]c2c(S(=O)(=O)c3ccc4ccoc4c3)ccc(Cl)c2c(=O)n1O. The lowest BCUT2D eigenvalue weighted by Crippen LogP contribution is -2.33. The third-order valence-corrected chi connectivity index (χ3v) is 6.08. The predicted octanol–water partition coefficient (Wildman–Crippen LogP) is 2.16. The zero-order valence-electron chi connectivity index (χ0n) is 12.8. The minimum atomic E-state index is -4.12. The van der Waals surface area contributed by atoms with Crippen LogP contribution in [0, 0.1) is 0 Å². The standard InChI is InChI=1S/C16H9ClN2O6S/c17-10-3-4-12(14-13(10)15(20)19(22)16(21)18-14)26(23,24)9-2-1-8-5-6-25-11(8)7-9/h1-7,22H,(H,18,21). The number of nitrogens with one attached hydrogen (secondary N) is 1. The van der Waals surface area contributed by atoms with Crippen LogP contribution in [0.5, 0.6) is 0 Å². The van der Waals surface area contributed by atoms with Crippen molar-refractivity contribution in [2.45, 2.75) is 9.79 Å². The Hall–Kier alpha value is -3.04. The largest absolute Gasteiger partial charge is 0.464 e. The van der Waals surface area contributed by atoms with Gasteiger partial charge in [-0.15, -0.1) is 0 Å². The average molecular weight is 393 g/mol. The molecule has 2 N–H and O–H groups in total. The molecule has 2 heterocycles. The lowest BCUT2D eigenvalue weighted by atomic mass is 10.2. The van der Waals surface area contributed by atoms with Gasteiger partial charge >= 0.3 is 5.69 Å². The topological polar surface area (TPSA) is 122 Å². The molecule has 2 aromatic carbocycles. The molecule has 0 amide bonds. The van der Waals surface area contributed by atoms with Crippen LogP contribution in [0.25, 0.3) is 21.9 Å². The van der Waals surface area contributed by atoms with Crippen molar-refractivity contribution < 1.29 is 18.0 Å². The number of rotatable bonds is 2. The predicted molar refractivity (Wildman–Crippen MR) is 92.7 cm³/mol. The van der Waals surface area contributed by atoms with Crippen LogP contribution in [0.3, 0.4) is 0 Å². The number of hydrogen-bond donors (Lipinski definition) is 2. The van der Waals surface area contributed by atoms with E-state index in [0.29, 0.717) is 5.58 Å². The van der Waals surface area contributed by atoms with Crippen LogP contribution in [-0.4, -0.2) is 23.3 Å². The summed E-state index contributed by atoms with van der Waals surface area (Å²) in [6.45, 7) is 0. The maximum atomic E-state index is 13.1. The van der Waals surface area contributed by atoms with Crippen LogP contribution in [0.15, 0.2) is 66.5 Å². The Kier molecular flexibility index (Phi) is 3.46. The highest BCUT2D eigenvalue weighted by atomic mass is 35.5. The molecule has 0 atom stereocenters. The van der Waals surface area contributed by atoms with Crippen LogP contribution >= 0.6 is 11.6 Å². The van der Waals surface area contributed by atoms with Gasteiger partial charge in [-0.1, -0.05) is 16.3 Å². The van der Waals surface area contributed by atoms with E-state index in [4.69, 9.17) is 16.0 Å². The lowest BCUT2D eigenvalue weighted by molar-refractivity contribution is 0.162. The van der Waals surface area contributed by atoms with E-state index in [2.05, 4.69) is 4.98 Å². The van der Waals surface area contributed by atoms with Gasteiger partial charge in [0.15, 0.2) is 0 Å². The van der Waals surface area contributed by atoms with E-state index in [1.807, 2.05) is 0 Å². The van der Waals surface area contributed by atoms with Gasteiger partial charge in [0.05, 0.1) is 32.0 Å². The van der Waals surface area contributed by atoms with Crippen molar-refractivity contribution in [1.82, 2.24) is 9.71 Å². The third-order valence-electron chi connectivity index (χ3n) is 3.97. The molecule has 0 saturated carbocycles. The van der Waals surface area contributed by atoms with Crippen molar-refractivity contribution in [1.29, 1.82) is 0 Å². The zero-order valence-corrected chi connectivity index (χ0v) is 14.3. The summed E-state index contributed by atoms with van der Waals surface area (Å²) in [5.41, 5.74) is -2.21. The quantitative estimate of drug-likeness (QED) is 0.504. The number of aromatic nitrogens is 2. The number of H-pyrrole nitrogens is 1. The van der Waals surface area contributed by atoms with Crippen LogP contribution in [0.2, 0.25) is 5.02 Å². The van der Waals surface area contributed by atoms with Crippen molar-refractivity contribution in [2.24, 2.45) is 0 Å². The van der Waals surface area contributed by atoms with Crippen LogP contribution in [0.4, 0.5) is 0 Å². The van der Waals surface area contributed by atoms with Crippen molar-refractivity contribution in [3.63, 3.8) is 0 Å². The first-order valence-corrected chi connectivity index (χ1v) is 9.06. The average Bonchev–Trinajstić information content (AvgIpc) is 3.07. The first kappa shape index (κ1) is 16.4. The highest BCUT2D eigenvalue weighted by molar-refractivity contribution is 7.91. The van der Waals surface area contributed by atoms with Crippen LogP contribution in [-0.2, 0) is 9.84 Å². The van der Waals surface area contributed by atoms with Gasteiger partial charge in [-0.2, -0.15) is 0 Å². The first-order chi connectivity index (χ1) is 12.3. The molecule has 10 heteroatoms. The van der Waals surface area contributed by atoms with E-state index < -0.39 is 21.1 Å². The Morgan fingerprint density at radius 1 is 1.12 bits per heavy atom. The summed E-state index contributed by atoms with van der Waals surface area (Å²) in [6, 6.07) is 8.39. The minimum absolute atomic E-state index is 0.0856. The molecule has 8 nitrogen and oxygen atoms in total. The van der Waals surface area contributed by atoms with Crippen LogP contribution < -0.4 is 11.2 Å². The molecule has 0 aliphatic heterocycles. The van der Waals surface area contributed by atoms with Gasteiger partial charge in [0.1, 0.15) is 5.58 Å². The second kappa shape index (κ2) is 5.48. The van der Waals surface area contributed by atoms with Gasteiger partial charge in [-0.3, -0.25) is 4.79 Å². The minimum Gasteiger partial charge on any atom is -0.464 e. The van der Waals surface area contributed by atoms with Gasteiger partial charge in [-0.25, -0.2) is 13.2 Å². The Balaban J connectivity index is 2.09. The molecular weight excluding hydrogens is 384 g/mol. The second-order valence-electron chi connectivity index (χ2n) is 5.47. The van der Waals surface area contributed by atoms with Gasteiger partial charge in [0, 0.05) is 11.5 Å². The maximum Gasteiger partial charge on any atom is 0.362 e. The fourth-order valence-electron chi connectivity index (χ4n) is 2.70. The summed E-state index contributed by atoms with van der Waals surface area (Å²) >= 11 is 5.96. The maximum absolute atomic E-state index is 13.1. The Labute approximate surface area is 149 Å². The molecule has 132 valence electrons. The van der Waals surface area contributed by atoms with Gasteiger partial charge in [-0.05, 0) is 30.3 Å². The van der Waals surface area contributed by atoms with Crippen molar-refractivity contribution in [3.05, 3.63) is 68.5 Å². The summed E-state index contributed by atoms with van der Waals surface area (Å²) in [6.07, 6.45) is 1.43. The number of aromatic amines is 1. The number of nitrogens with zero attached hydrogens (tertiary/aromatic N) is 1. The van der Waals surface area contributed by atoms with Crippen molar-refractivity contribution in [3.8, 4) is 0 Å². The van der Waals surface area contributed by atoms with Crippen molar-refractivity contribution >= 4 is 43.3 Å². The van der Waals surface area contributed by atoms with Crippen LogP contribution in [0.1, 0.15) is 0 Å². The number of hydrogen-bond acceptors (Lipinski definition) is 6. The summed E-state index contributed by atoms with van der Waals surface area (Å²) in [4.78, 5) is 25.6. The van der Waals surface area contributed by atoms with E-state index in [1.54, 1.807) is 12.1 Å². The highest BCUT2D eigenvalue weighted by Crippen LogP contribution is 2.30. The molecule has 0 aliphatic carbocycles. The summed E-state index contributed by atoms with van der Waals surface area (Å²) in [5, 5.41) is 9.78. The summed E-state index contributed by atoms with van der Waals surface area (Å²) in [5.74, 6) is 0. The lowest BCUT2D eigenvalue weighted by Gasteiger charge is -2.09. The first-order valence-electron chi connectivity index (χ1n) is 7.20. The van der Waals surface area contributed by atoms with Gasteiger partial charge < -0.3 is 14.6 Å². The molecule has 0 saturated heterocycles. The number of fused-ring (bicyclic) bond motifs is 2. The summed E-state index contributed by atoms with van der Waals surface area (Å²) in [7, 11) is -4.12. The van der Waals surface area contributed by atoms with E-state index in [1.165, 1.54) is 30.5 Å². The molecule has 26 heavy (non-hydrogen) atoms. The molecular formula is C16H9ClN2O6S. The van der Waals surface area contributed by atoms with Gasteiger partial charge in [0.25, 0.3) is 5.56 Å². The normalized spacial score (nSPS) is 12.0. The highest BCUT2D eigenvalue weighted by Gasteiger charge is 2.24. The Bertz CT molecular complexity index is 1410. The van der Waals surface area contributed by atoms with E-state index in [0.717, 1.165) is 5.39 Å². The fraction of sp³-hybridized carbons (Fsp3) is 0. The van der Waals surface area contributed by atoms with E-state index in [-0.39, 0.29) is 30.4 Å². The fourth-order valence-corrected chi connectivity index (χ4v) is 4.37. The number of benzene rings is 2. The Morgan fingerprint density at radius 3 is 2.65 bits per heavy atom. The molecule has 0 fully saturated rings. The zero-order chi connectivity index (χ0) is 18.6. The molecule has 0 unspecified atom stereocenters. The summed E-state index contributed by atoms with van der Waals surface area (Å²) < 4.78 is 31.2. The molecule has 0 bridgehead atoms. The third kappa shape index (κ3) is 2.25. The Morgan fingerprint density at radius 2 is 1.88 bits per heavy atom. The molecule has 0 aliphatic rings. The van der Waals surface area contributed by atoms with Gasteiger partial charge in [0.2, 0.25) is 9.84 Å². The molecule has 0 spiro atoms. The smallest absolute Gasteiger partial charge is 0.362 e. The molecule has 4 aromatic rings. The number of furan rings is 1. The molecule has 4 rings (SSSR count). The second-order valence-corrected chi connectivity index (χ2v) is 7.79. The monoisotopic (exact) mass is 392 g/mol. The molecule has 2 aromatic heterocycles. The van der Waals surface area contributed by atoms with E-state index >= 15 is 0 Å². The van der Waals surface area contributed by atoms with E-state index in [9.17, 15) is 23.2 Å². The van der Waals surface area contributed by atoms with Crippen molar-refractivity contribution in [2.75, 3.05) is 0 Å². The number of sulfone groups is 1. The number of halogens is 1. The molecule has 0 radical (unpaired) electrons.